The molecule has 1 atom stereocenters. The van der Waals surface area contributed by atoms with E-state index in [9.17, 15) is 15.2 Å². The maximum absolute atomic E-state index is 12.5. The molecule has 0 spiro atoms. The summed E-state index contributed by atoms with van der Waals surface area (Å²) in [4.78, 5) is 14.3. The van der Waals surface area contributed by atoms with Gasteiger partial charge in [-0.3, -0.25) is 9.69 Å². The average Bonchev–Trinajstić information content (AvgIpc) is 2.84. The van der Waals surface area contributed by atoms with Crippen molar-refractivity contribution in [3.8, 4) is 6.07 Å². The minimum absolute atomic E-state index is 0.00386. The molecule has 1 aromatic rings. The Kier molecular flexibility index (Phi) is 6.63. The van der Waals surface area contributed by atoms with Crippen molar-refractivity contribution < 1.29 is 9.90 Å². The Morgan fingerprint density at radius 2 is 2.04 bits per heavy atom. The number of anilines is 1. The third-order valence-corrected chi connectivity index (χ3v) is 5.48. The lowest BCUT2D eigenvalue weighted by Gasteiger charge is -2.27. The second-order valence-electron chi connectivity index (χ2n) is 7.20. The Labute approximate surface area is 150 Å². The summed E-state index contributed by atoms with van der Waals surface area (Å²) in [5.74, 6) is 0.480. The molecule has 1 fully saturated rings. The predicted molar refractivity (Wildman–Crippen MR) is 98.6 cm³/mol. The van der Waals surface area contributed by atoms with Crippen molar-refractivity contribution in [1.82, 2.24) is 9.47 Å². The van der Waals surface area contributed by atoms with Crippen molar-refractivity contribution in [3.63, 3.8) is 0 Å². The van der Waals surface area contributed by atoms with Crippen LogP contribution in [0.25, 0.3) is 0 Å². The highest BCUT2D eigenvalue weighted by Crippen LogP contribution is 2.36. The largest absolute Gasteiger partial charge is 0.395 e. The molecule has 138 valence electrons. The molecule has 1 heterocycles. The summed E-state index contributed by atoms with van der Waals surface area (Å²) in [5, 5.41) is 21.8. The molecule has 25 heavy (non-hydrogen) atoms. The van der Waals surface area contributed by atoms with Gasteiger partial charge in [0, 0.05) is 17.8 Å². The molecule has 0 saturated heterocycles. The molecule has 1 aromatic heterocycles. The van der Waals surface area contributed by atoms with Gasteiger partial charge in [0.05, 0.1) is 18.7 Å². The van der Waals surface area contributed by atoms with Gasteiger partial charge in [0.15, 0.2) is 0 Å². The van der Waals surface area contributed by atoms with Crippen LogP contribution in [-0.4, -0.2) is 46.7 Å². The highest BCUT2D eigenvalue weighted by molar-refractivity contribution is 5.93. The van der Waals surface area contributed by atoms with Crippen molar-refractivity contribution >= 4 is 11.7 Å². The van der Waals surface area contributed by atoms with Crippen LogP contribution in [0.15, 0.2) is 0 Å². The van der Waals surface area contributed by atoms with Crippen LogP contribution in [0.3, 0.4) is 0 Å². The number of carbonyl (C=O) groups excluding carboxylic acids is 1. The number of hydrogen-bond acceptors (Lipinski definition) is 4. The minimum atomic E-state index is -0.158. The van der Waals surface area contributed by atoms with Crippen molar-refractivity contribution in [2.45, 2.75) is 65.0 Å². The number of nitriles is 1. The van der Waals surface area contributed by atoms with Crippen LogP contribution < -0.4 is 5.32 Å². The number of hydrogen-bond donors (Lipinski definition) is 2. The zero-order valence-electron chi connectivity index (χ0n) is 15.8. The van der Waals surface area contributed by atoms with Gasteiger partial charge in [-0.2, -0.15) is 5.26 Å². The molecule has 1 amide bonds. The van der Waals surface area contributed by atoms with Crippen LogP contribution in [0, 0.1) is 25.2 Å². The van der Waals surface area contributed by atoms with Gasteiger partial charge >= 0.3 is 0 Å². The molecule has 1 saturated carbocycles. The molecule has 0 bridgehead atoms. The van der Waals surface area contributed by atoms with Gasteiger partial charge in [-0.05, 0) is 46.2 Å². The Balaban J connectivity index is 2.28. The van der Waals surface area contributed by atoms with E-state index in [0.717, 1.165) is 24.1 Å². The van der Waals surface area contributed by atoms with E-state index >= 15 is 0 Å². The zero-order valence-corrected chi connectivity index (χ0v) is 15.8. The molecule has 1 unspecified atom stereocenters. The van der Waals surface area contributed by atoms with E-state index in [1.54, 1.807) is 4.90 Å². The normalized spacial score (nSPS) is 16.7. The smallest absolute Gasteiger partial charge is 0.239 e. The van der Waals surface area contributed by atoms with E-state index in [2.05, 4.69) is 16.0 Å². The molecule has 2 rings (SSSR count). The lowest BCUT2D eigenvalue weighted by atomic mass is 9.95. The van der Waals surface area contributed by atoms with Gasteiger partial charge < -0.3 is 15.0 Å². The third-order valence-electron chi connectivity index (χ3n) is 5.48. The van der Waals surface area contributed by atoms with Crippen LogP contribution in [0.2, 0.25) is 0 Å². The Morgan fingerprint density at radius 3 is 2.60 bits per heavy atom. The molecule has 1 aliphatic rings. The van der Waals surface area contributed by atoms with Crippen LogP contribution in [-0.2, 0) is 4.79 Å². The molecular formula is C19H30N4O2. The SMILES string of the molecule is Cc1c(C#N)c(NC(=O)CN(C)C(C)CO)n(C2CCCCC2)c1C. The first-order valence-electron chi connectivity index (χ1n) is 9.13. The number of aromatic nitrogens is 1. The van der Waals surface area contributed by atoms with E-state index in [4.69, 9.17) is 0 Å². The third kappa shape index (κ3) is 4.23. The van der Waals surface area contributed by atoms with E-state index in [0.29, 0.717) is 17.4 Å². The van der Waals surface area contributed by atoms with E-state index in [1.165, 1.54) is 19.3 Å². The fourth-order valence-corrected chi connectivity index (χ4v) is 3.58. The Hall–Kier alpha value is -1.84. The predicted octanol–water partition coefficient (Wildman–Crippen LogP) is 2.73. The summed E-state index contributed by atoms with van der Waals surface area (Å²) in [6.45, 7) is 6.03. The number of amides is 1. The number of aliphatic hydroxyl groups excluding tert-OH is 1. The van der Waals surface area contributed by atoms with Gasteiger partial charge in [0.2, 0.25) is 5.91 Å². The summed E-state index contributed by atoms with van der Waals surface area (Å²) in [5.41, 5.74) is 2.57. The molecule has 0 aromatic carbocycles. The zero-order chi connectivity index (χ0) is 18.6. The van der Waals surface area contributed by atoms with Crippen molar-refractivity contribution in [1.29, 1.82) is 5.26 Å². The second kappa shape index (κ2) is 8.50. The van der Waals surface area contributed by atoms with Gasteiger partial charge in [-0.15, -0.1) is 0 Å². The topological polar surface area (TPSA) is 81.3 Å². The number of carbonyl (C=O) groups is 1. The first kappa shape index (κ1) is 19.5. The highest BCUT2D eigenvalue weighted by Gasteiger charge is 2.26. The van der Waals surface area contributed by atoms with Crippen LogP contribution >= 0.6 is 0 Å². The monoisotopic (exact) mass is 346 g/mol. The Morgan fingerprint density at radius 1 is 1.40 bits per heavy atom. The number of aliphatic hydroxyl groups is 1. The average molecular weight is 346 g/mol. The number of rotatable bonds is 6. The molecular weight excluding hydrogens is 316 g/mol. The van der Waals surface area contributed by atoms with Gasteiger partial charge in [-0.25, -0.2) is 0 Å². The van der Waals surface area contributed by atoms with Crippen LogP contribution in [0.5, 0.6) is 0 Å². The minimum Gasteiger partial charge on any atom is -0.395 e. The second-order valence-corrected chi connectivity index (χ2v) is 7.20. The number of likely N-dealkylation sites (N-methyl/N-ethyl adjacent to an activating group) is 1. The van der Waals surface area contributed by atoms with Crippen LogP contribution in [0.4, 0.5) is 5.82 Å². The van der Waals surface area contributed by atoms with Crippen LogP contribution in [0.1, 0.15) is 61.9 Å². The standard InChI is InChI=1S/C19H30N4O2/c1-13(12-24)22(4)11-18(25)21-19-17(10-20)14(2)15(3)23(19)16-8-6-5-7-9-16/h13,16,24H,5-9,11-12H2,1-4H3,(H,21,25). The van der Waals surface area contributed by atoms with Crippen molar-refractivity contribution in [2.24, 2.45) is 0 Å². The summed E-state index contributed by atoms with van der Waals surface area (Å²) in [7, 11) is 1.81. The first-order valence-corrected chi connectivity index (χ1v) is 9.13. The first-order chi connectivity index (χ1) is 11.9. The highest BCUT2D eigenvalue weighted by atomic mass is 16.3. The fourth-order valence-electron chi connectivity index (χ4n) is 3.58. The summed E-state index contributed by atoms with van der Waals surface area (Å²) >= 11 is 0. The molecule has 1 aliphatic carbocycles. The van der Waals surface area contributed by atoms with Crippen molar-refractivity contribution in [3.05, 3.63) is 16.8 Å². The molecule has 2 N–H and O–H groups in total. The number of nitrogens with zero attached hydrogens (tertiary/aromatic N) is 3. The molecule has 0 radical (unpaired) electrons. The number of nitrogens with one attached hydrogen (secondary N) is 1. The lowest BCUT2D eigenvalue weighted by molar-refractivity contribution is -0.117. The maximum atomic E-state index is 12.5. The van der Waals surface area contributed by atoms with E-state index in [1.807, 2.05) is 27.8 Å². The lowest BCUT2D eigenvalue weighted by Crippen LogP contribution is -2.38. The van der Waals surface area contributed by atoms with E-state index < -0.39 is 0 Å². The quantitative estimate of drug-likeness (QED) is 0.830. The molecule has 6 nitrogen and oxygen atoms in total. The van der Waals surface area contributed by atoms with E-state index in [-0.39, 0.29) is 25.1 Å². The van der Waals surface area contributed by atoms with Crippen molar-refractivity contribution in [2.75, 3.05) is 25.5 Å². The molecule has 0 aliphatic heterocycles. The fraction of sp³-hybridized carbons (Fsp3) is 0.684. The maximum Gasteiger partial charge on any atom is 0.239 e. The summed E-state index contributed by atoms with van der Waals surface area (Å²) < 4.78 is 2.17. The summed E-state index contributed by atoms with van der Waals surface area (Å²) in [6.07, 6.45) is 5.81. The van der Waals surface area contributed by atoms with Gasteiger partial charge in [0.25, 0.3) is 0 Å². The van der Waals surface area contributed by atoms with Gasteiger partial charge in [-0.1, -0.05) is 19.3 Å². The summed E-state index contributed by atoms with van der Waals surface area (Å²) in [6, 6.07) is 2.53. The van der Waals surface area contributed by atoms with Gasteiger partial charge in [0.1, 0.15) is 11.9 Å². The molecule has 6 heteroatoms. The Bertz CT molecular complexity index is 653.